The Morgan fingerprint density at radius 3 is 2.52 bits per heavy atom. The first-order chi connectivity index (χ1) is 12.8. The summed E-state index contributed by atoms with van der Waals surface area (Å²) in [6, 6.07) is 8.79. The number of likely N-dealkylation sites (tertiary alicyclic amines) is 1. The van der Waals surface area contributed by atoms with Gasteiger partial charge in [-0.3, -0.25) is 9.89 Å². The van der Waals surface area contributed by atoms with E-state index in [1.54, 1.807) is 0 Å². The quantitative estimate of drug-likeness (QED) is 0.407. The van der Waals surface area contributed by atoms with Crippen LogP contribution in [-0.4, -0.2) is 67.7 Å². The lowest BCUT2D eigenvalue weighted by molar-refractivity contribution is -0.0166. The predicted octanol–water partition coefficient (Wildman–Crippen LogP) is 2.88. The van der Waals surface area contributed by atoms with Gasteiger partial charge in [-0.25, -0.2) is 0 Å². The number of halogens is 1. The van der Waals surface area contributed by atoms with Gasteiger partial charge in [-0.1, -0.05) is 24.3 Å². The predicted molar refractivity (Wildman–Crippen MR) is 121 cm³/mol. The third kappa shape index (κ3) is 4.59. The van der Waals surface area contributed by atoms with Gasteiger partial charge < -0.3 is 15.0 Å². The van der Waals surface area contributed by atoms with E-state index in [1.165, 1.54) is 37.1 Å². The number of nitrogens with zero attached hydrogens (tertiary/aromatic N) is 3. The van der Waals surface area contributed by atoms with Crippen LogP contribution in [0, 0.1) is 0 Å². The zero-order chi connectivity index (χ0) is 17.8. The fraction of sp³-hybridized carbons (Fsp3) is 0.667. The molecule has 150 valence electrons. The van der Waals surface area contributed by atoms with E-state index >= 15 is 0 Å². The maximum Gasteiger partial charge on any atom is 0.194 e. The first kappa shape index (κ1) is 20.9. The van der Waals surface area contributed by atoms with Gasteiger partial charge >= 0.3 is 0 Å². The standard InChI is InChI=1S/C21H32N4O.HI/c1-22-20(24-13-8-18-6-2-3-7-19(18)16-24)23-17-21(9-14-26-15-10-21)25-11-4-5-12-25;/h2-3,6-7H,4-5,8-17H2,1H3,(H,22,23);1H. The molecule has 0 bridgehead atoms. The molecular formula is C21H33IN4O. The minimum Gasteiger partial charge on any atom is -0.381 e. The smallest absolute Gasteiger partial charge is 0.194 e. The molecular weight excluding hydrogens is 451 g/mol. The SMILES string of the molecule is CN=C(NCC1(N2CCCC2)CCOCC1)N1CCc2ccccc2C1.I. The Labute approximate surface area is 180 Å². The molecule has 0 radical (unpaired) electrons. The molecule has 0 spiro atoms. The molecule has 0 unspecified atom stereocenters. The van der Waals surface area contributed by atoms with E-state index in [0.29, 0.717) is 0 Å². The van der Waals surface area contributed by atoms with E-state index < -0.39 is 0 Å². The Bertz CT molecular complexity index is 639. The molecule has 3 heterocycles. The topological polar surface area (TPSA) is 40.1 Å². The molecule has 3 aliphatic heterocycles. The second-order valence-corrected chi connectivity index (χ2v) is 7.87. The normalized spacial score (nSPS) is 22.9. The molecule has 1 N–H and O–H groups in total. The summed E-state index contributed by atoms with van der Waals surface area (Å²) in [4.78, 5) is 9.72. The van der Waals surface area contributed by atoms with E-state index in [2.05, 4.69) is 44.4 Å². The number of benzene rings is 1. The van der Waals surface area contributed by atoms with Crippen molar-refractivity contribution in [2.75, 3.05) is 46.4 Å². The maximum atomic E-state index is 5.68. The van der Waals surface area contributed by atoms with Crippen LogP contribution < -0.4 is 5.32 Å². The monoisotopic (exact) mass is 484 g/mol. The van der Waals surface area contributed by atoms with Crippen molar-refractivity contribution in [3.8, 4) is 0 Å². The van der Waals surface area contributed by atoms with Gasteiger partial charge in [0.25, 0.3) is 0 Å². The Balaban J connectivity index is 0.00000210. The molecule has 2 saturated heterocycles. The summed E-state index contributed by atoms with van der Waals surface area (Å²) in [6.45, 7) is 7.20. The van der Waals surface area contributed by atoms with Gasteiger partial charge in [-0.2, -0.15) is 0 Å². The highest BCUT2D eigenvalue weighted by Crippen LogP contribution is 2.31. The fourth-order valence-electron chi connectivity index (χ4n) is 4.80. The van der Waals surface area contributed by atoms with Gasteiger partial charge in [0.2, 0.25) is 0 Å². The molecule has 0 aromatic heterocycles. The molecule has 0 amide bonds. The molecule has 0 saturated carbocycles. The summed E-state index contributed by atoms with van der Waals surface area (Å²) in [5.74, 6) is 1.05. The molecule has 2 fully saturated rings. The highest BCUT2D eigenvalue weighted by atomic mass is 127. The summed E-state index contributed by atoms with van der Waals surface area (Å²) < 4.78 is 5.68. The minimum atomic E-state index is 0. The van der Waals surface area contributed by atoms with Crippen molar-refractivity contribution in [1.82, 2.24) is 15.1 Å². The Morgan fingerprint density at radius 1 is 1.11 bits per heavy atom. The van der Waals surface area contributed by atoms with Crippen LogP contribution in [-0.2, 0) is 17.7 Å². The number of hydrogen-bond donors (Lipinski definition) is 1. The molecule has 6 heteroatoms. The van der Waals surface area contributed by atoms with Gasteiger partial charge in [0.15, 0.2) is 5.96 Å². The average Bonchev–Trinajstić information content (AvgIpc) is 3.25. The van der Waals surface area contributed by atoms with E-state index in [1.807, 2.05) is 7.05 Å². The molecule has 1 aromatic carbocycles. The molecule has 5 nitrogen and oxygen atoms in total. The first-order valence-corrected chi connectivity index (χ1v) is 10.2. The Hall–Kier alpha value is -0.860. The minimum absolute atomic E-state index is 0. The number of hydrogen-bond acceptors (Lipinski definition) is 3. The zero-order valence-electron chi connectivity index (χ0n) is 16.5. The average molecular weight is 484 g/mol. The maximum absolute atomic E-state index is 5.68. The van der Waals surface area contributed by atoms with Crippen LogP contribution in [0.4, 0.5) is 0 Å². The molecule has 3 aliphatic rings. The van der Waals surface area contributed by atoms with Gasteiger partial charge in [0.05, 0.1) is 0 Å². The summed E-state index contributed by atoms with van der Waals surface area (Å²) in [6.07, 6.45) is 6.02. The van der Waals surface area contributed by atoms with Gasteiger partial charge in [-0.05, 0) is 56.3 Å². The molecule has 1 aromatic rings. The van der Waals surface area contributed by atoms with E-state index in [-0.39, 0.29) is 29.5 Å². The van der Waals surface area contributed by atoms with Crippen molar-refractivity contribution in [2.45, 2.75) is 44.2 Å². The summed E-state index contributed by atoms with van der Waals surface area (Å²) in [7, 11) is 1.91. The van der Waals surface area contributed by atoms with Crippen LogP contribution in [0.25, 0.3) is 0 Å². The van der Waals surface area contributed by atoms with Crippen molar-refractivity contribution in [1.29, 1.82) is 0 Å². The second kappa shape index (κ2) is 9.56. The number of guanidine groups is 1. The highest BCUT2D eigenvalue weighted by Gasteiger charge is 2.39. The van der Waals surface area contributed by atoms with E-state index in [0.717, 1.165) is 58.1 Å². The number of nitrogens with one attached hydrogen (secondary N) is 1. The summed E-state index contributed by atoms with van der Waals surface area (Å²) in [5.41, 5.74) is 3.15. The highest BCUT2D eigenvalue weighted by molar-refractivity contribution is 14.0. The summed E-state index contributed by atoms with van der Waals surface area (Å²) in [5, 5.41) is 3.74. The molecule has 0 aliphatic carbocycles. The third-order valence-corrected chi connectivity index (χ3v) is 6.42. The van der Waals surface area contributed by atoms with Crippen molar-refractivity contribution in [2.24, 2.45) is 4.99 Å². The van der Waals surface area contributed by atoms with Crippen molar-refractivity contribution < 1.29 is 4.74 Å². The number of fused-ring (bicyclic) bond motifs is 1. The largest absolute Gasteiger partial charge is 0.381 e. The van der Waals surface area contributed by atoms with Crippen LogP contribution in [0.3, 0.4) is 0 Å². The first-order valence-electron chi connectivity index (χ1n) is 10.2. The fourth-order valence-corrected chi connectivity index (χ4v) is 4.80. The number of ether oxygens (including phenoxy) is 1. The Morgan fingerprint density at radius 2 is 1.81 bits per heavy atom. The number of aliphatic imine (C=N–C) groups is 1. The molecule has 0 atom stereocenters. The van der Waals surface area contributed by atoms with Crippen molar-refractivity contribution in [3.05, 3.63) is 35.4 Å². The number of rotatable bonds is 3. The van der Waals surface area contributed by atoms with Crippen LogP contribution >= 0.6 is 24.0 Å². The lowest BCUT2D eigenvalue weighted by Crippen LogP contribution is -2.59. The van der Waals surface area contributed by atoms with Crippen LogP contribution in [0.15, 0.2) is 29.3 Å². The van der Waals surface area contributed by atoms with E-state index in [4.69, 9.17) is 4.74 Å². The van der Waals surface area contributed by atoms with Gasteiger partial charge in [-0.15, -0.1) is 24.0 Å². The summed E-state index contributed by atoms with van der Waals surface area (Å²) >= 11 is 0. The van der Waals surface area contributed by atoms with Crippen LogP contribution in [0.2, 0.25) is 0 Å². The molecule has 27 heavy (non-hydrogen) atoms. The van der Waals surface area contributed by atoms with Gasteiger partial charge in [0, 0.05) is 45.4 Å². The lowest BCUT2D eigenvalue weighted by Gasteiger charge is -2.45. The van der Waals surface area contributed by atoms with Crippen molar-refractivity contribution in [3.63, 3.8) is 0 Å². The van der Waals surface area contributed by atoms with Gasteiger partial charge in [0.1, 0.15) is 0 Å². The van der Waals surface area contributed by atoms with Crippen molar-refractivity contribution >= 4 is 29.9 Å². The molecule has 4 rings (SSSR count). The van der Waals surface area contributed by atoms with Crippen LogP contribution in [0.5, 0.6) is 0 Å². The lowest BCUT2D eigenvalue weighted by atomic mass is 9.88. The Kier molecular flexibility index (Phi) is 7.39. The van der Waals surface area contributed by atoms with Crippen LogP contribution in [0.1, 0.15) is 36.8 Å². The zero-order valence-corrected chi connectivity index (χ0v) is 18.8. The van der Waals surface area contributed by atoms with E-state index in [9.17, 15) is 0 Å². The second-order valence-electron chi connectivity index (χ2n) is 7.87. The third-order valence-electron chi connectivity index (χ3n) is 6.42.